The van der Waals surface area contributed by atoms with Crippen LogP contribution >= 0.6 is 11.6 Å². The molecule has 0 bridgehead atoms. The quantitative estimate of drug-likeness (QED) is 0.626. The number of piperazine rings is 1. The van der Waals surface area contributed by atoms with E-state index < -0.39 is 5.41 Å². The van der Waals surface area contributed by atoms with Crippen LogP contribution in [0.2, 0.25) is 5.02 Å². The number of methoxy groups -OCH3 is 1. The van der Waals surface area contributed by atoms with Crippen molar-refractivity contribution in [3.05, 3.63) is 53.1 Å². The Kier molecular flexibility index (Phi) is 5.01. The van der Waals surface area contributed by atoms with E-state index in [-0.39, 0.29) is 23.0 Å². The average Bonchev–Trinajstić information content (AvgIpc) is 2.76. The van der Waals surface area contributed by atoms with Crippen molar-refractivity contribution in [3.63, 3.8) is 0 Å². The summed E-state index contributed by atoms with van der Waals surface area (Å²) in [7, 11) is 1.67. The summed E-state index contributed by atoms with van der Waals surface area (Å²) in [5.74, 6) is 0.962. The summed E-state index contributed by atoms with van der Waals surface area (Å²) in [4.78, 5) is 32.1. The normalized spacial score (nSPS) is 23.7. The first kappa shape index (κ1) is 21.3. The fourth-order valence-corrected chi connectivity index (χ4v) is 6.11. The molecule has 1 spiro atoms. The van der Waals surface area contributed by atoms with Gasteiger partial charge in [0.1, 0.15) is 22.7 Å². The van der Waals surface area contributed by atoms with Gasteiger partial charge in [-0.15, -0.1) is 0 Å². The van der Waals surface area contributed by atoms with Crippen LogP contribution in [0.3, 0.4) is 0 Å². The molecule has 0 N–H and O–H groups in total. The van der Waals surface area contributed by atoms with Crippen LogP contribution < -0.4 is 14.5 Å². The number of carbonyl (C=O) groups is 2. The van der Waals surface area contributed by atoms with Crippen LogP contribution in [-0.4, -0.2) is 44.4 Å². The molecule has 3 aliphatic rings. The van der Waals surface area contributed by atoms with E-state index in [0.29, 0.717) is 37.4 Å². The first-order valence-electron chi connectivity index (χ1n) is 11.2. The minimum Gasteiger partial charge on any atom is -0.495 e. The molecule has 0 aromatic heterocycles. The summed E-state index contributed by atoms with van der Waals surface area (Å²) in [6.45, 7) is 6.11. The summed E-state index contributed by atoms with van der Waals surface area (Å²) in [6.07, 6.45) is 1.31. The van der Waals surface area contributed by atoms with E-state index in [0.717, 1.165) is 29.2 Å². The molecule has 2 fully saturated rings. The molecule has 2 aromatic carbocycles. The molecule has 1 saturated heterocycles. The number of Topliss-reactive ketones (excluding diaryl/α,β-unsaturated/α-hetero) is 2. The maximum atomic E-state index is 13.8. The number of nitrogens with zero attached hydrogens (tertiary/aromatic N) is 2. The molecule has 0 amide bonds. The number of para-hydroxylation sites is 2. The average molecular weight is 453 g/mol. The minimum atomic E-state index is -1.02. The Labute approximate surface area is 194 Å². The summed E-state index contributed by atoms with van der Waals surface area (Å²) >= 11 is 6.36. The van der Waals surface area contributed by atoms with Gasteiger partial charge < -0.3 is 14.5 Å². The second kappa shape index (κ2) is 7.51. The Morgan fingerprint density at radius 3 is 2.41 bits per heavy atom. The van der Waals surface area contributed by atoms with Gasteiger partial charge in [0.2, 0.25) is 0 Å². The van der Waals surface area contributed by atoms with E-state index in [1.807, 2.05) is 56.3 Å². The third kappa shape index (κ3) is 3.21. The van der Waals surface area contributed by atoms with Crippen molar-refractivity contribution in [2.24, 2.45) is 10.8 Å². The molecule has 2 aliphatic heterocycles. The Hall–Kier alpha value is -2.53. The van der Waals surface area contributed by atoms with Crippen LogP contribution in [0.25, 0.3) is 0 Å². The lowest BCUT2D eigenvalue weighted by atomic mass is 9.56. The summed E-state index contributed by atoms with van der Waals surface area (Å²) in [6, 6.07) is 13.5. The van der Waals surface area contributed by atoms with E-state index >= 15 is 0 Å². The van der Waals surface area contributed by atoms with E-state index in [1.165, 1.54) is 0 Å². The van der Waals surface area contributed by atoms with Crippen molar-refractivity contribution < 1.29 is 14.3 Å². The van der Waals surface area contributed by atoms with Gasteiger partial charge in [-0.2, -0.15) is 0 Å². The van der Waals surface area contributed by atoms with Crippen molar-refractivity contribution in [1.29, 1.82) is 0 Å². The molecule has 1 unspecified atom stereocenters. The molecule has 1 saturated carbocycles. The highest BCUT2D eigenvalue weighted by Crippen LogP contribution is 2.51. The van der Waals surface area contributed by atoms with Crippen LogP contribution in [0.5, 0.6) is 5.75 Å². The standard InChI is InChI=1S/C26H29ClN2O3/c1-25(2)14-23(30)26(24(31)15-25)13-17-8-9-18(27)12-20(17)29-11-10-28(16-22(26)29)19-6-4-5-7-21(19)32-3/h4-9,12,22H,10-11,13-16H2,1-3H3. The topological polar surface area (TPSA) is 49.9 Å². The number of anilines is 2. The number of fused-ring (bicyclic) bond motifs is 4. The van der Waals surface area contributed by atoms with Gasteiger partial charge >= 0.3 is 0 Å². The number of halogens is 1. The first-order chi connectivity index (χ1) is 15.2. The van der Waals surface area contributed by atoms with E-state index in [9.17, 15) is 9.59 Å². The Bertz CT molecular complexity index is 1080. The van der Waals surface area contributed by atoms with Crippen molar-refractivity contribution in [2.45, 2.75) is 39.2 Å². The summed E-state index contributed by atoms with van der Waals surface area (Å²) in [5, 5.41) is 0.674. The Morgan fingerprint density at radius 2 is 1.69 bits per heavy atom. The smallest absolute Gasteiger partial charge is 0.149 e. The molecule has 5 rings (SSSR count). The Morgan fingerprint density at radius 1 is 0.969 bits per heavy atom. The minimum absolute atomic E-state index is 0.0798. The van der Waals surface area contributed by atoms with Crippen molar-refractivity contribution >= 4 is 34.5 Å². The molecule has 2 heterocycles. The highest BCUT2D eigenvalue weighted by atomic mass is 35.5. The van der Waals surface area contributed by atoms with E-state index in [4.69, 9.17) is 16.3 Å². The van der Waals surface area contributed by atoms with Gasteiger partial charge in [0, 0.05) is 43.2 Å². The van der Waals surface area contributed by atoms with Crippen LogP contribution in [0.4, 0.5) is 11.4 Å². The molecule has 1 aliphatic carbocycles. The zero-order chi connectivity index (χ0) is 22.7. The lowest BCUT2D eigenvalue weighted by Crippen LogP contribution is -2.69. The van der Waals surface area contributed by atoms with Crippen molar-refractivity contribution in [1.82, 2.24) is 0 Å². The second-order valence-electron chi connectivity index (χ2n) is 10.1. The number of benzene rings is 2. The second-order valence-corrected chi connectivity index (χ2v) is 10.5. The lowest BCUT2D eigenvalue weighted by Gasteiger charge is -2.56. The number of hydrogen-bond acceptors (Lipinski definition) is 5. The number of rotatable bonds is 2. The van der Waals surface area contributed by atoms with Crippen LogP contribution in [-0.2, 0) is 16.0 Å². The molecule has 32 heavy (non-hydrogen) atoms. The lowest BCUT2D eigenvalue weighted by molar-refractivity contribution is -0.150. The molecule has 5 nitrogen and oxygen atoms in total. The van der Waals surface area contributed by atoms with Gasteiger partial charge in [-0.25, -0.2) is 0 Å². The first-order valence-corrected chi connectivity index (χ1v) is 11.6. The molecular weight excluding hydrogens is 424 g/mol. The number of carbonyl (C=O) groups excluding carboxylic acids is 2. The highest BCUT2D eigenvalue weighted by molar-refractivity contribution is 6.31. The number of hydrogen-bond donors (Lipinski definition) is 0. The van der Waals surface area contributed by atoms with Gasteiger partial charge in [0.15, 0.2) is 0 Å². The summed E-state index contributed by atoms with van der Waals surface area (Å²) in [5.41, 5.74) is 1.78. The van der Waals surface area contributed by atoms with Gasteiger partial charge in [-0.3, -0.25) is 9.59 Å². The number of ketones is 2. The van der Waals surface area contributed by atoms with Gasteiger partial charge in [0.25, 0.3) is 0 Å². The van der Waals surface area contributed by atoms with Crippen LogP contribution in [0.15, 0.2) is 42.5 Å². The fraction of sp³-hybridized carbons (Fsp3) is 0.462. The van der Waals surface area contributed by atoms with Crippen molar-refractivity contribution in [3.8, 4) is 5.75 Å². The summed E-state index contributed by atoms with van der Waals surface area (Å²) < 4.78 is 5.61. The third-order valence-electron chi connectivity index (χ3n) is 7.47. The zero-order valence-corrected chi connectivity index (χ0v) is 19.6. The Balaban J connectivity index is 1.62. The van der Waals surface area contributed by atoms with Crippen LogP contribution in [0.1, 0.15) is 32.3 Å². The molecule has 1 atom stereocenters. The molecule has 6 heteroatoms. The predicted octanol–water partition coefficient (Wildman–Crippen LogP) is 4.54. The number of ether oxygens (including phenoxy) is 1. The molecular formula is C26H29ClN2O3. The molecule has 168 valence electrons. The third-order valence-corrected chi connectivity index (χ3v) is 7.71. The highest BCUT2D eigenvalue weighted by Gasteiger charge is 2.60. The maximum Gasteiger partial charge on any atom is 0.149 e. The maximum absolute atomic E-state index is 13.8. The largest absolute Gasteiger partial charge is 0.495 e. The predicted molar refractivity (Wildman–Crippen MR) is 127 cm³/mol. The fourth-order valence-electron chi connectivity index (χ4n) is 5.95. The van der Waals surface area contributed by atoms with E-state index in [2.05, 4.69) is 9.80 Å². The molecule has 0 radical (unpaired) electrons. The van der Waals surface area contributed by atoms with Gasteiger partial charge in [-0.1, -0.05) is 43.6 Å². The van der Waals surface area contributed by atoms with Gasteiger partial charge in [-0.05, 0) is 41.7 Å². The zero-order valence-electron chi connectivity index (χ0n) is 18.9. The molecule has 2 aromatic rings. The SMILES string of the molecule is COc1ccccc1N1CCN2c3cc(Cl)ccc3CC3(C(=O)CC(C)(C)CC3=O)C2C1. The monoisotopic (exact) mass is 452 g/mol. The van der Waals surface area contributed by atoms with Crippen LogP contribution in [0, 0.1) is 10.8 Å². The van der Waals surface area contributed by atoms with E-state index in [1.54, 1.807) is 7.11 Å². The van der Waals surface area contributed by atoms with Crippen molar-refractivity contribution in [2.75, 3.05) is 36.5 Å². The van der Waals surface area contributed by atoms with Gasteiger partial charge in [0.05, 0.1) is 18.8 Å².